The van der Waals surface area contributed by atoms with Gasteiger partial charge in [0.2, 0.25) is 0 Å². The van der Waals surface area contributed by atoms with Crippen molar-refractivity contribution >= 4 is 5.78 Å². The van der Waals surface area contributed by atoms with Gasteiger partial charge in [0.25, 0.3) is 0 Å². The molecule has 4 heteroatoms. The van der Waals surface area contributed by atoms with Crippen LogP contribution in [0.4, 0.5) is 0 Å². The molecule has 0 aromatic carbocycles. The quantitative estimate of drug-likeness (QED) is 0.654. The first-order chi connectivity index (χ1) is 6.19. The Balaban J connectivity index is 2.48. The number of likely N-dealkylation sites (tertiary alicyclic amines) is 1. The second kappa shape index (κ2) is 4.69. The molecule has 4 nitrogen and oxygen atoms in total. The molecule has 1 rings (SSSR count). The zero-order valence-corrected chi connectivity index (χ0v) is 8.19. The Labute approximate surface area is 78.5 Å². The van der Waals surface area contributed by atoms with E-state index in [0.717, 1.165) is 19.5 Å². The third kappa shape index (κ3) is 2.49. The van der Waals surface area contributed by atoms with E-state index in [1.165, 1.54) is 6.92 Å². The van der Waals surface area contributed by atoms with E-state index in [1.54, 1.807) is 7.11 Å². The Morgan fingerprint density at radius 1 is 1.77 bits per heavy atom. The number of ketones is 1. The maximum atomic E-state index is 11.1. The summed E-state index contributed by atoms with van der Waals surface area (Å²) in [4.78, 5) is 13.1. The molecule has 1 heterocycles. The number of Topliss-reactive ketones (excluding diaryl/α,β-unsaturated/α-hetero) is 1. The molecule has 0 radical (unpaired) electrons. The summed E-state index contributed by atoms with van der Waals surface area (Å²) >= 11 is 0. The van der Waals surface area contributed by atoms with Crippen LogP contribution in [0.1, 0.15) is 13.3 Å². The fourth-order valence-corrected chi connectivity index (χ4v) is 1.73. The number of aliphatic hydroxyl groups is 1. The lowest BCUT2D eigenvalue weighted by Gasteiger charge is -2.23. The molecule has 1 aliphatic rings. The fourth-order valence-electron chi connectivity index (χ4n) is 1.73. The summed E-state index contributed by atoms with van der Waals surface area (Å²) in [7, 11) is 1.68. The van der Waals surface area contributed by atoms with E-state index < -0.39 is 0 Å². The molecule has 0 amide bonds. The molecule has 76 valence electrons. The number of aliphatic hydroxyl groups excluding tert-OH is 1. The molecule has 0 saturated carbocycles. The highest BCUT2D eigenvalue weighted by atomic mass is 16.5. The second-order valence-electron chi connectivity index (χ2n) is 3.45. The highest BCUT2D eigenvalue weighted by Crippen LogP contribution is 2.15. The van der Waals surface area contributed by atoms with E-state index in [9.17, 15) is 4.79 Å². The number of carbonyl (C=O) groups excluding carboxylic acids is 1. The first kappa shape index (κ1) is 10.6. The number of carbonyl (C=O) groups is 1. The van der Waals surface area contributed by atoms with Crippen LogP contribution in [-0.2, 0) is 9.53 Å². The van der Waals surface area contributed by atoms with Gasteiger partial charge in [0.15, 0.2) is 0 Å². The zero-order valence-electron chi connectivity index (χ0n) is 8.19. The van der Waals surface area contributed by atoms with Crippen LogP contribution in [0.5, 0.6) is 0 Å². The average Bonchev–Trinajstić information content (AvgIpc) is 2.53. The number of rotatable bonds is 4. The summed E-state index contributed by atoms with van der Waals surface area (Å²) in [6, 6.07) is -0.333. The predicted octanol–water partition coefficient (Wildman–Crippen LogP) is -0.343. The highest BCUT2D eigenvalue weighted by molar-refractivity contribution is 5.81. The third-order valence-electron chi connectivity index (χ3n) is 2.59. The van der Waals surface area contributed by atoms with Gasteiger partial charge in [0.1, 0.15) is 5.78 Å². The van der Waals surface area contributed by atoms with Gasteiger partial charge in [-0.3, -0.25) is 9.69 Å². The van der Waals surface area contributed by atoms with Gasteiger partial charge in [0, 0.05) is 20.2 Å². The lowest BCUT2D eigenvalue weighted by atomic mass is 10.2. The Hall–Kier alpha value is -0.450. The predicted molar refractivity (Wildman–Crippen MR) is 48.5 cm³/mol. The highest BCUT2D eigenvalue weighted by Gasteiger charge is 2.29. The van der Waals surface area contributed by atoms with Crippen molar-refractivity contribution in [3.63, 3.8) is 0 Å². The summed E-state index contributed by atoms with van der Waals surface area (Å²) in [5.41, 5.74) is 0. The van der Waals surface area contributed by atoms with E-state index in [-0.39, 0.29) is 24.5 Å². The first-order valence-electron chi connectivity index (χ1n) is 4.57. The van der Waals surface area contributed by atoms with Gasteiger partial charge in [-0.1, -0.05) is 0 Å². The van der Waals surface area contributed by atoms with Gasteiger partial charge < -0.3 is 9.84 Å². The van der Waals surface area contributed by atoms with Crippen LogP contribution in [0.2, 0.25) is 0 Å². The van der Waals surface area contributed by atoms with Crippen LogP contribution in [0.25, 0.3) is 0 Å². The van der Waals surface area contributed by atoms with Crippen molar-refractivity contribution in [3.05, 3.63) is 0 Å². The standard InChI is InChI=1S/C9H17NO3/c1-7(12)9(6-11)10-4-3-8(5-10)13-2/h8-9,11H,3-6H2,1-2H3/t8?,9-/m1/s1. The number of methoxy groups -OCH3 is 1. The van der Waals surface area contributed by atoms with Crippen molar-refractivity contribution in [1.29, 1.82) is 0 Å². The molecule has 1 fully saturated rings. The van der Waals surface area contributed by atoms with Crippen molar-refractivity contribution < 1.29 is 14.6 Å². The molecule has 1 N–H and O–H groups in total. The minimum absolute atomic E-state index is 0.0271. The summed E-state index contributed by atoms with van der Waals surface area (Å²) in [5, 5.41) is 9.01. The summed E-state index contributed by atoms with van der Waals surface area (Å²) in [6.07, 6.45) is 1.16. The zero-order chi connectivity index (χ0) is 9.84. The molecule has 0 aliphatic carbocycles. The number of hydrogen-bond acceptors (Lipinski definition) is 4. The van der Waals surface area contributed by atoms with Crippen molar-refractivity contribution in [2.24, 2.45) is 0 Å². The van der Waals surface area contributed by atoms with Gasteiger partial charge >= 0.3 is 0 Å². The van der Waals surface area contributed by atoms with Gasteiger partial charge in [-0.2, -0.15) is 0 Å². The van der Waals surface area contributed by atoms with Gasteiger partial charge in [-0.05, 0) is 13.3 Å². The van der Waals surface area contributed by atoms with Gasteiger partial charge in [-0.25, -0.2) is 0 Å². The smallest absolute Gasteiger partial charge is 0.149 e. The number of nitrogens with zero attached hydrogens (tertiary/aromatic N) is 1. The van der Waals surface area contributed by atoms with Crippen molar-refractivity contribution in [3.8, 4) is 0 Å². The van der Waals surface area contributed by atoms with E-state index in [4.69, 9.17) is 9.84 Å². The lowest BCUT2D eigenvalue weighted by Crippen LogP contribution is -2.41. The molecule has 2 atom stereocenters. The summed E-state index contributed by atoms with van der Waals surface area (Å²) in [5.74, 6) is 0.0271. The van der Waals surface area contributed by atoms with Crippen LogP contribution in [0.3, 0.4) is 0 Å². The molecular weight excluding hydrogens is 170 g/mol. The van der Waals surface area contributed by atoms with Crippen LogP contribution >= 0.6 is 0 Å². The molecule has 0 spiro atoms. The van der Waals surface area contributed by atoms with Crippen LogP contribution in [0.15, 0.2) is 0 Å². The fraction of sp³-hybridized carbons (Fsp3) is 0.889. The number of hydrogen-bond donors (Lipinski definition) is 1. The second-order valence-corrected chi connectivity index (χ2v) is 3.45. The third-order valence-corrected chi connectivity index (χ3v) is 2.59. The average molecular weight is 187 g/mol. The molecule has 1 aliphatic heterocycles. The normalized spacial score (nSPS) is 26.2. The van der Waals surface area contributed by atoms with Crippen molar-refractivity contribution in [2.75, 3.05) is 26.8 Å². The van der Waals surface area contributed by atoms with Crippen LogP contribution < -0.4 is 0 Å². The molecule has 1 unspecified atom stereocenters. The molecule has 0 aromatic rings. The Morgan fingerprint density at radius 3 is 2.85 bits per heavy atom. The van der Waals surface area contributed by atoms with Crippen molar-refractivity contribution in [2.45, 2.75) is 25.5 Å². The number of ether oxygens (including phenoxy) is 1. The lowest BCUT2D eigenvalue weighted by molar-refractivity contribution is -0.123. The minimum atomic E-state index is -0.333. The molecule has 0 aromatic heterocycles. The minimum Gasteiger partial charge on any atom is -0.394 e. The van der Waals surface area contributed by atoms with E-state index in [2.05, 4.69) is 0 Å². The maximum Gasteiger partial charge on any atom is 0.149 e. The first-order valence-corrected chi connectivity index (χ1v) is 4.57. The largest absolute Gasteiger partial charge is 0.394 e. The van der Waals surface area contributed by atoms with E-state index >= 15 is 0 Å². The van der Waals surface area contributed by atoms with E-state index in [0.29, 0.717) is 0 Å². The topological polar surface area (TPSA) is 49.8 Å². The SMILES string of the molecule is COC1CCN([C@H](CO)C(C)=O)C1. The Morgan fingerprint density at radius 2 is 2.46 bits per heavy atom. The van der Waals surface area contributed by atoms with Gasteiger partial charge in [-0.15, -0.1) is 0 Å². The molecule has 13 heavy (non-hydrogen) atoms. The molecule has 1 saturated heterocycles. The molecule has 0 bridgehead atoms. The maximum absolute atomic E-state index is 11.1. The summed E-state index contributed by atoms with van der Waals surface area (Å²) < 4.78 is 5.18. The monoisotopic (exact) mass is 187 g/mol. The van der Waals surface area contributed by atoms with E-state index in [1.807, 2.05) is 4.90 Å². The van der Waals surface area contributed by atoms with Crippen molar-refractivity contribution in [1.82, 2.24) is 4.90 Å². The van der Waals surface area contributed by atoms with Crippen LogP contribution in [-0.4, -0.2) is 54.7 Å². The van der Waals surface area contributed by atoms with Gasteiger partial charge in [0.05, 0.1) is 18.8 Å². The van der Waals surface area contributed by atoms with Crippen LogP contribution in [0, 0.1) is 0 Å². The summed E-state index contributed by atoms with van der Waals surface area (Å²) in [6.45, 7) is 3.01. The molecular formula is C9H17NO3. The Bertz CT molecular complexity index is 184. The Kier molecular flexibility index (Phi) is 3.84.